The largest absolute Gasteiger partial charge is 0.337 e. The first-order chi connectivity index (χ1) is 7.70. The molecule has 2 amide bonds. The molecule has 0 aromatic carbocycles. The number of nitrogens with zero attached hydrogens (tertiary/aromatic N) is 3. The number of anilines is 1. The van der Waals surface area contributed by atoms with Gasteiger partial charge in [-0.05, 0) is 12.1 Å². The predicted molar refractivity (Wildman–Crippen MR) is 54.3 cm³/mol. The maximum Gasteiger partial charge on any atom is 0.246 e. The Hall–Kier alpha value is -2.42. The van der Waals surface area contributed by atoms with Gasteiger partial charge < -0.3 is 4.90 Å². The van der Waals surface area contributed by atoms with Gasteiger partial charge in [-0.3, -0.25) is 14.9 Å². The van der Waals surface area contributed by atoms with Crippen molar-refractivity contribution in [2.75, 3.05) is 18.0 Å². The van der Waals surface area contributed by atoms with E-state index >= 15 is 0 Å². The summed E-state index contributed by atoms with van der Waals surface area (Å²) in [5, 5.41) is 11.1. The van der Waals surface area contributed by atoms with Gasteiger partial charge in [0.25, 0.3) is 0 Å². The molecular weight excluding hydrogens is 208 g/mol. The number of aromatic nitrogens is 1. The standard InChI is InChI=1S/C10H8N4O2/c11-4-7-2-1-3-12-10(7)14-5-8(15)13-9(16)6-14/h1-3H,5-6H2,(H,13,15,16). The third-order valence-electron chi connectivity index (χ3n) is 2.15. The molecule has 0 bridgehead atoms. The molecule has 16 heavy (non-hydrogen) atoms. The van der Waals surface area contributed by atoms with E-state index in [4.69, 9.17) is 5.26 Å². The number of nitrogens with one attached hydrogen (secondary N) is 1. The number of hydrogen-bond acceptors (Lipinski definition) is 5. The first-order valence-electron chi connectivity index (χ1n) is 4.63. The van der Waals surface area contributed by atoms with Gasteiger partial charge in [0, 0.05) is 6.20 Å². The Morgan fingerprint density at radius 2 is 2.06 bits per heavy atom. The van der Waals surface area contributed by atoms with Crippen LogP contribution in [0.5, 0.6) is 0 Å². The fourth-order valence-corrected chi connectivity index (χ4v) is 1.52. The van der Waals surface area contributed by atoms with Crippen LogP contribution in [0.25, 0.3) is 0 Å². The van der Waals surface area contributed by atoms with Crippen LogP contribution in [0.3, 0.4) is 0 Å². The lowest BCUT2D eigenvalue weighted by molar-refractivity contribution is -0.130. The Bertz CT molecular complexity index is 476. The SMILES string of the molecule is N#Cc1cccnc1N1CC(=O)NC(=O)C1. The minimum atomic E-state index is -0.384. The van der Waals surface area contributed by atoms with Crippen LogP contribution in [-0.4, -0.2) is 29.9 Å². The van der Waals surface area contributed by atoms with Gasteiger partial charge in [0.1, 0.15) is 11.9 Å². The summed E-state index contributed by atoms with van der Waals surface area (Å²) >= 11 is 0. The van der Waals surface area contributed by atoms with Crippen LogP contribution >= 0.6 is 0 Å². The third kappa shape index (κ3) is 1.83. The lowest BCUT2D eigenvalue weighted by Crippen LogP contribution is -2.52. The maximum absolute atomic E-state index is 11.2. The monoisotopic (exact) mass is 216 g/mol. The smallest absolute Gasteiger partial charge is 0.246 e. The highest BCUT2D eigenvalue weighted by molar-refractivity contribution is 6.02. The molecule has 1 N–H and O–H groups in total. The first kappa shape index (κ1) is 10.1. The number of carbonyl (C=O) groups is 2. The minimum absolute atomic E-state index is 0.0391. The summed E-state index contributed by atoms with van der Waals surface area (Å²) in [5.74, 6) is -0.398. The van der Waals surface area contributed by atoms with Crippen molar-refractivity contribution in [2.24, 2.45) is 0 Å². The second kappa shape index (κ2) is 3.98. The summed E-state index contributed by atoms with van der Waals surface area (Å²) in [4.78, 5) is 27.8. The molecule has 0 saturated carbocycles. The average Bonchev–Trinajstić information content (AvgIpc) is 2.27. The van der Waals surface area contributed by atoms with Crippen molar-refractivity contribution in [3.05, 3.63) is 23.9 Å². The number of pyridine rings is 1. The number of imide groups is 1. The van der Waals surface area contributed by atoms with Crippen molar-refractivity contribution in [3.63, 3.8) is 0 Å². The quantitative estimate of drug-likeness (QED) is 0.634. The van der Waals surface area contributed by atoms with E-state index in [9.17, 15) is 9.59 Å². The molecular formula is C10H8N4O2. The van der Waals surface area contributed by atoms with Gasteiger partial charge in [-0.1, -0.05) is 0 Å². The Morgan fingerprint density at radius 1 is 1.38 bits per heavy atom. The highest BCUT2D eigenvalue weighted by Crippen LogP contribution is 2.16. The molecule has 6 heteroatoms. The van der Waals surface area contributed by atoms with Crippen LogP contribution in [0, 0.1) is 11.3 Å². The molecule has 0 spiro atoms. The van der Waals surface area contributed by atoms with E-state index in [1.807, 2.05) is 6.07 Å². The summed E-state index contributed by atoms with van der Waals surface area (Å²) in [7, 11) is 0. The van der Waals surface area contributed by atoms with Crippen LogP contribution in [0.15, 0.2) is 18.3 Å². The zero-order chi connectivity index (χ0) is 11.5. The normalized spacial score (nSPS) is 15.6. The lowest BCUT2D eigenvalue weighted by atomic mass is 10.2. The van der Waals surface area contributed by atoms with Crippen LogP contribution in [0.1, 0.15) is 5.56 Å². The molecule has 1 fully saturated rings. The summed E-state index contributed by atoms with van der Waals surface area (Å²) in [5.41, 5.74) is 0.352. The fourth-order valence-electron chi connectivity index (χ4n) is 1.52. The van der Waals surface area contributed by atoms with Crippen LogP contribution in [0.2, 0.25) is 0 Å². The summed E-state index contributed by atoms with van der Waals surface area (Å²) in [6.07, 6.45) is 1.52. The van der Waals surface area contributed by atoms with Crippen molar-refractivity contribution < 1.29 is 9.59 Å². The number of carbonyl (C=O) groups excluding carboxylic acids is 2. The van der Waals surface area contributed by atoms with E-state index in [2.05, 4.69) is 10.3 Å². The van der Waals surface area contributed by atoms with Gasteiger partial charge in [-0.25, -0.2) is 4.98 Å². The molecule has 0 unspecified atom stereocenters. The molecule has 0 atom stereocenters. The Labute approximate surface area is 91.5 Å². The molecule has 1 aliphatic heterocycles. The molecule has 80 valence electrons. The van der Waals surface area contributed by atoms with Crippen molar-refractivity contribution >= 4 is 17.6 Å². The highest BCUT2D eigenvalue weighted by atomic mass is 16.2. The van der Waals surface area contributed by atoms with E-state index in [-0.39, 0.29) is 24.9 Å². The van der Waals surface area contributed by atoms with Gasteiger partial charge in [0.15, 0.2) is 0 Å². The zero-order valence-corrected chi connectivity index (χ0v) is 8.30. The summed E-state index contributed by atoms with van der Waals surface area (Å²) < 4.78 is 0. The number of piperazine rings is 1. The minimum Gasteiger partial charge on any atom is -0.337 e. The molecule has 1 aromatic rings. The molecule has 2 heterocycles. The van der Waals surface area contributed by atoms with Crippen LogP contribution in [-0.2, 0) is 9.59 Å². The molecule has 1 aromatic heterocycles. The van der Waals surface area contributed by atoms with Crippen molar-refractivity contribution in [1.29, 1.82) is 5.26 Å². The van der Waals surface area contributed by atoms with Crippen LogP contribution in [0.4, 0.5) is 5.82 Å². The molecule has 0 aliphatic carbocycles. The van der Waals surface area contributed by atoms with E-state index in [1.165, 1.54) is 11.1 Å². The second-order valence-electron chi connectivity index (χ2n) is 3.31. The number of amides is 2. The molecule has 2 rings (SSSR count). The summed E-state index contributed by atoms with van der Waals surface area (Å²) in [6, 6.07) is 5.20. The third-order valence-corrected chi connectivity index (χ3v) is 2.15. The van der Waals surface area contributed by atoms with E-state index in [1.54, 1.807) is 12.1 Å². The van der Waals surface area contributed by atoms with Crippen molar-refractivity contribution in [3.8, 4) is 6.07 Å². The zero-order valence-electron chi connectivity index (χ0n) is 8.30. The Kier molecular flexibility index (Phi) is 2.52. The van der Waals surface area contributed by atoms with Gasteiger partial charge in [0.05, 0.1) is 18.7 Å². The average molecular weight is 216 g/mol. The lowest BCUT2D eigenvalue weighted by Gasteiger charge is -2.26. The van der Waals surface area contributed by atoms with Gasteiger partial charge in [-0.15, -0.1) is 0 Å². The number of nitriles is 1. The van der Waals surface area contributed by atoms with Crippen molar-refractivity contribution in [2.45, 2.75) is 0 Å². The number of hydrogen-bond donors (Lipinski definition) is 1. The van der Waals surface area contributed by atoms with Crippen LogP contribution < -0.4 is 10.2 Å². The molecule has 1 aliphatic rings. The van der Waals surface area contributed by atoms with Gasteiger partial charge in [0.2, 0.25) is 11.8 Å². The highest BCUT2D eigenvalue weighted by Gasteiger charge is 2.24. The second-order valence-corrected chi connectivity index (χ2v) is 3.31. The first-order valence-corrected chi connectivity index (χ1v) is 4.63. The number of rotatable bonds is 1. The van der Waals surface area contributed by atoms with E-state index in [0.717, 1.165) is 0 Å². The fraction of sp³-hybridized carbons (Fsp3) is 0.200. The summed E-state index contributed by atoms with van der Waals surface area (Å²) in [6.45, 7) is 0.0782. The predicted octanol–water partition coefficient (Wildman–Crippen LogP) is -0.584. The molecule has 6 nitrogen and oxygen atoms in total. The molecule has 1 saturated heterocycles. The Morgan fingerprint density at radius 3 is 2.69 bits per heavy atom. The topological polar surface area (TPSA) is 86.1 Å². The van der Waals surface area contributed by atoms with Gasteiger partial charge >= 0.3 is 0 Å². The maximum atomic E-state index is 11.2. The van der Waals surface area contributed by atoms with E-state index in [0.29, 0.717) is 11.4 Å². The molecule has 0 radical (unpaired) electrons. The van der Waals surface area contributed by atoms with Gasteiger partial charge in [-0.2, -0.15) is 5.26 Å². The Balaban J connectivity index is 2.33. The van der Waals surface area contributed by atoms with E-state index < -0.39 is 0 Å². The van der Waals surface area contributed by atoms with Crippen molar-refractivity contribution in [1.82, 2.24) is 10.3 Å².